The first-order valence-electron chi connectivity index (χ1n) is 30.0. The van der Waals surface area contributed by atoms with Crippen LogP contribution in [0.3, 0.4) is 0 Å². The number of rotatable bonds is 23. The maximum atomic E-state index is 14.4. The summed E-state index contributed by atoms with van der Waals surface area (Å²) in [6.45, 7) is 25.7. The minimum absolute atomic E-state index is 0.0350. The van der Waals surface area contributed by atoms with Gasteiger partial charge in [0.05, 0.1) is 0 Å². The Labute approximate surface area is 517 Å². The number of carbonyl (C=O) groups is 10. The SMILES string of the molecule is CC(C)(C)OC(=O)NCCCC(CNC(=O)[C@H](CCCCNC(=O)CCNC(=O)[C@@H]1Cc2cccc(c2)-c2ccc(O)c(c2)C[C@H](NC(=O)OC(C)(C)C)C(=O)N[C@@H](CCCNC(=O)OC(C)(C)C)C(=O)N1)NC(=O)OC(C)(C)C)NC(=O)OC(C)(C)C. The van der Waals surface area contributed by atoms with E-state index in [1.54, 1.807) is 128 Å². The van der Waals surface area contributed by atoms with Crippen LogP contribution in [0.5, 0.6) is 5.75 Å². The van der Waals surface area contributed by atoms with E-state index in [9.17, 15) is 53.1 Å². The van der Waals surface area contributed by atoms with Gasteiger partial charge in [-0.25, -0.2) is 24.0 Å². The number of hydrogen-bond donors (Lipinski definition) is 11. The van der Waals surface area contributed by atoms with Crippen molar-refractivity contribution in [3.05, 3.63) is 53.6 Å². The van der Waals surface area contributed by atoms with Gasteiger partial charge in [0, 0.05) is 58.0 Å². The molecule has 0 saturated heterocycles. The first-order valence-corrected chi connectivity index (χ1v) is 30.0. The lowest BCUT2D eigenvalue weighted by atomic mass is 9.96. The van der Waals surface area contributed by atoms with Gasteiger partial charge in [0.2, 0.25) is 29.5 Å². The van der Waals surface area contributed by atoms with Crippen molar-refractivity contribution in [1.82, 2.24) is 53.2 Å². The van der Waals surface area contributed by atoms with Crippen LogP contribution in [-0.4, -0.2) is 156 Å². The standard InChI is InChI=1S/C62H98N10O16/c1-58(2,3)84-53(79)65-30-19-23-42(68-55(81)86-60(7,8)9)37-67-49(75)43(71-56(82)87-61(10,11)12)24-16-17-29-63-48(74)28-32-64-50(76)45-34-38-21-18-22-39(33-38)40-26-27-47(73)41(35-40)36-46(72-57(83)88-62(13,14)15)52(78)69-44(51(77)70-45)25-20-31-66-54(80)85-59(4,5)6/h18,21-22,26-27,33,35,42-46,73H,16-17,19-20,23-25,28-32,34,36-37H2,1-15H3,(H,63,74)(H,64,76)(H,65,79)(H,66,80)(H,67,75)(H,68,81)(H,69,78)(H,70,77)(H,71,82)(H,72,83)/t42?,43-,44-,45-,46-/m0/s1. The number of phenolic OH excluding ortho intramolecular Hbond substituents is 1. The molecule has 492 valence electrons. The molecule has 0 saturated carbocycles. The Morgan fingerprint density at radius 2 is 1.09 bits per heavy atom. The molecule has 0 fully saturated rings. The Kier molecular flexibility index (Phi) is 28.6. The zero-order valence-electron chi connectivity index (χ0n) is 54.1. The van der Waals surface area contributed by atoms with E-state index < -0.39 is 118 Å². The summed E-state index contributed by atoms with van der Waals surface area (Å²) in [6, 6.07) is 6.32. The molecule has 0 spiro atoms. The number of benzene rings is 2. The zero-order valence-corrected chi connectivity index (χ0v) is 54.1. The molecule has 2 aromatic rings. The number of unbranched alkanes of at least 4 members (excludes halogenated alkanes) is 1. The van der Waals surface area contributed by atoms with Crippen LogP contribution >= 0.6 is 0 Å². The van der Waals surface area contributed by atoms with Gasteiger partial charge in [-0.2, -0.15) is 0 Å². The number of alkyl carbamates (subject to hydrolysis) is 5. The summed E-state index contributed by atoms with van der Waals surface area (Å²) >= 11 is 0. The molecule has 0 radical (unpaired) electrons. The number of aromatic hydroxyl groups is 1. The van der Waals surface area contributed by atoms with Crippen molar-refractivity contribution in [3.8, 4) is 16.9 Å². The van der Waals surface area contributed by atoms with Gasteiger partial charge in [0.15, 0.2) is 0 Å². The summed E-state index contributed by atoms with van der Waals surface area (Å²) in [5, 5.41) is 38.2. The third-order valence-electron chi connectivity index (χ3n) is 12.4. The zero-order chi connectivity index (χ0) is 66.2. The van der Waals surface area contributed by atoms with E-state index in [4.69, 9.17) is 23.7 Å². The molecule has 1 aliphatic heterocycles. The van der Waals surface area contributed by atoms with Crippen LogP contribution in [0.25, 0.3) is 11.1 Å². The second-order valence-electron chi connectivity index (χ2n) is 26.6. The predicted octanol–water partition coefficient (Wildman–Crippen LogP) is 6.33. The van der Waals surface area contributed by atoms with Crippen LogP contribution in [0, 0.1) is 0 Å². The third-order valence-corrected chi connectivity index (χ3v) is 12.4. The smallest absolute Gasteiger partial charge is 0.408 e. The first-order chi connectivity index (χ1) is 40.7. The van der Waals surface area contributed by atoms with Crippen molar-refractivity contribution in [3.63, 3.8) is 0 Å². The van der Waals surface area contributed by atoms with Crippen LogP contribution in [0.15, 0.2) is 42.5 Å². The predicted molar refractivity (Wildman–Crippen MR) is 329 cm³/mol. The Bertz CT molecular complexity index is 2700. The minimum Gasteiger partial charge on any atom is -0.508 e. The Hall–Kier alpha value is -8.06. The lowest BCUT2D eigenvalue weighted by molar-refractivity contribution is -0.132. The monoisotopic (exact) mass is 1240 g/mol. The van der Waals surface area contributed by atoms with E-state index in [0.29, 0.717) is 47.9 Å². The normalized spacial score (nSPS) is 16.4. The van der Waals surface area contributed by atoms with E-state index >= 15 is 0 Å². The highest BCUT2D eigenvalue weighted by atomic mass is 16.6. The van der Waals surface area contributed by atoms with Gasteiger partial charge < -0.3 is 82.0 Å². The Morgan fingerprint density at radius 3 is 1.69 bits per heavy atom. The van der Waals surface area contributed by atoms with Crippen molar-refractivity contribution in [2.24, 2.45) is 0 Å². The quantitative estimate of drug-likeness (QED) is 0.0428. The number of amides is 10. The third kappa shape index (κ3) is 31.5. The van der Waals surface area contributed by atoms with Gasteiger partial charge in [-0.1, -0.05) is 30.3 Å². The molecule has 1 heterocycles. The van der Waals surface area contributed by atoms with E-state index in [1.807, 2.05) is 12.1 Å². The molecule has 1 unspecified atom stereocenters. The fourth-order valence-corrected chi connectivity index (χ4v) is 8.58. The minimum atomic E-state index is -1.38. The van der Waals surface area contributed by atoms with Gasteiger partial charge in [-0.3, -0.25) is 24.0 Å². The highest BCUT2D eigenvalue weighted by Gasteiger charge is 2.33. The Balaban J connectivity index is 1.75. The molecule has 10 amide bonds. The van der Waals surface area contributed by atoms with Crippen molar-refractivity contribution >= 4 is 60.0 Å². The summed E-state index contributed by atoms with van der Waals surface area (Å²) in [4.78, 5) is 133. The Morgan fingerprint density at radius 1 is 0.545 bits per heavy atom. The van der Waals surface area contributed by atoms with E-state index in [1.165, 1.54) is 6.07 Å². The van der Waals surface area contributed by atoms with Crippen LogP contribution in [0.4, 0.5) is 24.0 Å². The van der Waals surface area contributed by atoms with Crippen molar-refractivity contribution in [2.45, 2.75) is 226 Å². The number of carbonyl (C=O) groups excluding carboxylic acids is 10. The average molecular weight is 1240 g/mol. The molecule has 4 bridgehead atoms. The number of nitrogens with one attached hydrogen (secondary N) is 10. The molecule has 1 aliphatic rings. The molecule has 0 aliphatic carbocycles. The lowest BCUT2D eigenvalue weighted by Gasteiger charge is -2.27. The highest BCUT2D eigenvalue weighted by Crippen LogP contribution is 2.29. The summed E-state index contributed by atoms with van der Waals surface area (Å²) in [5.74, 6) is -3.36. The molecule has 11 N–H and O–H groups in total. The van der Waals surface area contributed by atoms with E-state index in [0.717, 1.165) is 0 Å². The molecule has 0 aromatic heterocycles. The maximum Gasteiger partial charge on any atom is 0.408 e. The summed E-state index contributed by atoms with van der Waals surface area (Å²) in [6.07, 6.45) is -2.53. The summed E-state index contributed by atoms with van der Waals surface area (Å²) in [5.41, 5.74) is -1.84. The number of fused-ring (bicyclic) bond motifs is 5. The van der Waals surface area contributed by atoms with Gasteiger partial charge in [-0.05, 0) is 183 Å². The van der Waals surface area contributed by atoms with Crippen LogP contribution in [0.2, 0.25) is 0 Å². The van der Waals surface area contributed by atoms with Crippen molar-refractivity contribution in [1.29, 1.82) is 0 Å². The lowest BCUT2D eigenvalue weighted by Crippen LogP contribution is -2.57. The van der Waals surface area contributed by atoms with Gasteiger partial charge >= 0.3 is 30.5 Å². The fraction of sp³-hybridized carbons (Fsp3) is 0.645. The van der Waals surface area contributed by atoms with Crippen LogP contribution in [0.1, 0.15) is 166 Å². The summed E-state index contributed by atoms with van der Waals surface area (Å²) in [7, 11) is 0. The highest BCUT2D eigenvalue weighted by molar-refractivity contribution is 5.94. The molecule has 2 aromatic carbocycles. The van der Waals surface area contributed by atoms with Crippen molar-refractivity contribution < 1.29 is 76.7 Å². The molecular formula is C62H98N10O16. The van der Waals surface area contributed by atoms with Crippen LogP contribution < -0.4 is 53.2 Å². The van der Waals surface area contributed by atoms with Crippen LogP contribution in [-0.2, 0) is 60.5 Å². The number of phenols is 1. The topological polar surface area (TPSA) is 357 Å². The molecular weight excluding hydrogens is 1140 g/mol. The number of hydrogen-bond acceptors (Lipinski definition) is 16. The fourth-order valence-electron chi connectivity index (χ4n) is 8.58. The van der Waals surface area contributed by atoms with Crippen molar-refractivity contribution in [2.75, 3.05) is 32.7 Å². The second kappa shape index (κ2) is 33.9. The van der Waals surface area contributed by atoms with E-state index in [2.05, 4.69) is 53.2 Å². The largest absolute Gasteiger partial charge is 0.508 e. The summed E-state index contributed by atoms with van der Waals surface area (Å²) < 4.78 is 27.0. The molecule has 26 nitrogen and oxygen atoms in total. The molecule has 88 heavy (non-hydrogen) atoms. The van der Waals surface area contributed by atoms with Gasteiger partial charge in [-0.15, -0.1) is 0 Å². The van der Waals surface area contributed by atoms with E-state index in [-0.39, 0.29) is 77.0 Å². The molecule has 26 heteroatoms. The second-order valence-corrected chi connectivity index (χ2v) is 26.6. The molecule has 3 rings (SSSR count). The average Bonchev–Trinajstić information content (AvgIpc) is 3.51. The first kappa shape index (κ1) is 74.2. The molecule has 5 atom stereocenters. The van der Waals surface area contributed by atoms with Gasteiger partial charge in [0.25, 0.3) is 0 Å². The van der Waals surface area contributed by atoms with Gasteiger partial charge in [0.1, 0.15) is 57.9 Å². The maximum absolute atomic E-state index is 14.4. The number of ether oxygens (including phenoxy) is 5.